The van der Waals surface area contributed by atoms with Crippen molar-refractivity contribution >= 4 is 17.7 Å². The number of para-hydroxylation sites is 1. The molecular weight excluding hydrogens is 258 g/mol. The number of amides is 1. The highest BCUT2D eigenvalue weighted by Gasteiger charge is 2.20. The highest BCUT2D eigenvalue weighted by Crippen LogP contribution is 2.39. The summed E-state index contributed by atoms with van der Waals surface area (Å²) in [4.78, 5) is 12.6. The van der Waals surface area contributed by atoms with Gasteiger partial charge < -0.3 is 10.5 Å². The van der Waals surface area contributed by atoms with Crippen molar-refractivity contribution in [2.45, 2.75) is 10.1 Å². The van der Waals surface area contributed by atoms with E-state index in [0.29, 0.717) is 0 Å². The lowest BCUT2D eigenvalue weighted by atomic mass is 10.1. The van der Waals surface area contributed by atoms with Crippen LogP contribution in [0.15, 0.2) is 59.5 Å². The Labute approximate surface area is 116 Å². The minimum atomic E-state index is -0.419. The molecule has 1 atom stereocenters. The predicted molar refractivity (Wildman–Crippen MR) is 77.2 cm³/mol. The molecule has 0 aliphatic heterocycles. The molecule has 0 heterocycles. The predicted octanol–water partition coefficient (Wildman–Crippen LogP) is 3.01. The summed E-state index contributed by atoms with van der Waals surface area (Å²) in [6.45, 7) is 0. The maximum absolute atomic E-state index is 11.7. The quantitative estimate of drug-likeness (QED) is 0.852. The van der Waals surface area contributed by atoms with E-state index >= 15 is 0 Å². The van der Waals surface area contributed by atoms with Crippen LogP contribution in [0.3, 0.4) is 0 Å². The highest BCUT2D eigenvalue weighted by atomic mass is 32.2. The lowest BCUT2D eigenvalue weighted by Gasteiger charge is -2.15. The highest BCUT2D eigenvalue weighted by molar-refractivity contribution is 8.00. The summed E-state index contributed by atoms with van der Waals surface area (Å²) in [5.41, 5.74) is 6.40. The normalized spacial score (nSPS) is 11.8. The first-order valence-electron chi connectivity index (χ1n) is 5.86. The van der Waals surface area contributed by atoms with Crippen LogP contribution < -0.4 is 10.5 Å². The second-order valence-corrected chi connectivity index (χ2v) is 5.11. The molecule has 0 unspecified atom stereocenters. The van der Waals surface area contributed by atoms with Gasteiger partial charge >= 0.3 is 0 Å². The van der Waals surface area contributed by atoms with Crippen molar-refractivity contribution in [2.75, 3.05) is 7.11 Å². The monoisotopic (exact) mass is 273 g/mol. The zero-order valence-electron chi connectivity index (χ0n) is 10.6. The number of primary amides is 1. The molecule has 0 spiro atoms. The van der Waals surface area contributed by atoms with Crippen LogP contribution in [0, 0.1) is 0 Å². The maximum atomic E-state index is 11.7. The number of hydrogen-bond donors (Lipinski definition) is 1. The van der Waals surface area contributed by atoms with E-state index < -0.39 is 5.25 Å². The number of thioether (sulfide) groups is 1. The average Bonchev–Trinajstić information content (AvgIpc) is 2.45. The van der Waals surface area contributed by atoms with E-state index in [0.717, 1.165) is 16.2 Å². The van der Waals surface area contributed by atoms with Crippen LogP contribution in [0.2, 0.25) is 0 Å². The van der Waals surface area contributed by atoms with Gasteiger partial charge in [0.05, 0.1) is 12.0 Å². The number of rotatable bonds is 5. The second kappa shape index (κ2) is 6.29. The van der Waals surface area contributed by atoms with Crippen molar-refractivity contribution < 1.29 is 9.53 Å². The Kier molecular flexibility index (Phi) is 4.47. The van der Waals surface area contributed by atoms with E-state index in [1.165, 1.54) is 11.8 Å². The molecule has 0 saturated heterocycles. The summed E-state index contributed by atoms with van der Waals surface area (Å²) in [7, 11) is 1.61. The minimum Gasteiger partial charge on any atom is -0.496 e. The largest absolute Gasteiger partial charge is 0.496 e. The molecule has 2 N–H and O–H groups in total. The number of hydrogen-bond acceptors (Lipinski definition) is 3. The Morgan fingerprint density at radius 2 is 1.74 bits per heavy atom. The fraction of sp³-hybridized carbons (Fsp3) is 0.133. The van der Waals surface area contributed by atoms with E-state index in [1.54, 1.807) is 7.11 Å². The number of benzene rings is 2. The molecule has 1 amide bonds. The molecule has 98 valence electrons. The zero-order valence-corrected chi connectivity index (χ0v) is 11.4. The first-order valence-corrected chi connectivity index (χ1v) is 6.74. The van der Waals surface area contributed by atoms with Gasteiger partial charge in [0.25, 0.3) is 0 Å². The van der Waals surface area contributed by atoms with Gasteiger partial charge in [-0.2, -0.15) is 0 Å². The maximum Gasteiger partial charge on any atom is 0.235 e. The van der Waals surface area contributed by atoms with Gasteiger partial charge in [-0.1, -0.05) is 42.5 Å². The molecule has 0 bridgehead atoms. The molecule has 0 aromatic heterocycles. The molecule has 0 fully saturated rings. The van der Waals surface area contributed by atoms with E-state index in [9.17, 15) is 4.79 Å². The summed E-state index contributed by atoms with van der Waals surface area (Å²) in [6.07, 6.45) is 0. The first-order chi connectivity index (χ1) is 9.22. The van der Waals surface area contributed by atoms with Crippen molar-refractivity contribution in [2.24, 2.45) is 5.73 Å². The van der Waals surface area contributed by atoms with Crippen LogP contribution >= 0.6 is 11.8 Å². The van der Waals surface area contributed by atoms with Gasteiger partial charge in [0.2, 0.25) is 5.91 Å². The lowest BCUT2D eigenvalue weighted by Crippen LogP contribution is -2.18. The van der Waals surface area contributed by atoms with Crippen molar-refractivity contribution in [1.29, 1.82) is 0 Å². The van der Waals surface area contributed by atoms with Gasteiger partial charge in [0.15, 0.2) is 0 Å². The topological polar surface area (TPSA) is 52.3 Å². The summed E-state index contributed by atoms with van der Waals surface area (Å²) >= 11 is 1.40. The van der Waals surface area contributed by atoms with E-state index in [2.05, 4.69) is 0 Å². The molecular formula is C15H15NO2S. The fourth-order valence-electron chi connectivity index (χ4n) is 1.76. The van der Waals surface area contributed by atoms with Gasteiger partial charge in [-0.05, 0) is 17.7 Å². The standard InChI is InChI=1S/C15H15NO2S/c1-18-12-9-5-6-10-13(12)19-14(15(16)17)11-7-3-2-4-8-11/h2-10,14H,1H3,(H2,16,17)/t14-/m0/s1. The third kappa shape index (κ3) is 3.29. The van der Waals surface area contributed by atoms with E-state index in [4.69, 9.17) is 10.5 Å². The summed E-state index contributed by atoms with van der Waals surface area (Å²) < 4.78 is 5.29. The van der Waals surface area contributed by atoms with Gasteiger partial charge in [-0.25, -0.2) is 0 Å². The molecule has 0 aliphatic rings. The summed E-state index contributed by atoms with van der Waals surface area (Å²) in [5.74, 6) is 0.386. The van der Waals surface area contributed by atoms with Gasteiger partial charge in [0.1, 0.15) is 11.0 Å². The Hall–Kier alpha value is -1.94. The number of ether oxygens (including phenoxy) is 1. The lowest BCUT2D eigenvalue weighted by molar-refractivity contribution is -0.117. The van der Waals surface area contributed by atoms with Crippen LogP contribution in [-0.4, -0.2) is 13.0 Å². The minimum absolute atomic E-state index is 0.359. The van der Waals surface area contributed by atoms with Crippen LogP contribution in [-0.2, 0) is 4.79 Å². The second-order valence-electron chi connectivity index (χ2n) is 3.96. The number of nitrogens with two attached hydrogens (primary N) is 1. The third-order valence-electron chi connectivity index (χ3n) is 2.67. The van der Waals surface area contributed by atoms with Crippen LogP contribution in [0.5, 0.6) is 5.75 Å². The van der Waals surface area contributed by atoms with Gasteiger partial charge in [-0.3, -0.25) is 4.79 Å². The zero-order chi connectivity index (χ0) is 13.7. The Balaban J connectivity index is 2.30. The van der Waals surface area contributed by atoms with E-state index in [1.807, 2.05) is 54.6 Å². The van der Waals surface area contributed by atoms with Crippen LogP contribution in [0.1, 0.15) is 10.8 Å². The Bertz CT molecular complexity index is 557. The molecule has 2 aromatic carbocycles. The van der Waals surface area contributed by atoms with Crippen LogP contribution in [0.25, 0.3) is 0 Å². The van der Waals surface area contributed by atoms with Gasteiger partial charge in [-0.15, -0.1) is 11.8 Å². The molecule has 2 rings (SSSR count). The molecule has 0 aliphatic carbocycles. The van der Waals surface area contributed by atoms with Crippen molar-refractivity contribution in [3.63, 3.8) is 0 Å². The molecule has 3 nitrogen and oxygen atoms in total. The SMILES string of the molecule is COc1ccccc1S[C@H](C(N)=O)c1ccccc1. The molecule has 19 heavy (non-hydrogen) atoms. The smallest absolute Gasteiger partial charge is 0.235 e. The van der Waals surface area contributed by atoms with Crippen molar-refractivity contribution in [1.82, 2.24) is 0 Å². The fourth-order valence-corrected chi connectivity index (χ4v) is 2.85. The molecule has 0 saturated carbocycles. The summed E-state index contributed by atoms with van der Waals surface area (Å²) in [6, 6.07) is 17.1. The third-order valence-corrected chi connectivity index (χ3v) is 4.01. The number of carbonyl (C=O) groups excluding carboxylic acids is 1. The number of methoxy groups -OCH3 is 1. The van der Waals surface area contributed by atoms with E-state index in [-0.39, 0.29) is 5.91 Å². The first kappa shape index (κ1) is 13.5. The summed E-state index contributed by atoms with van der Waals surface area (Å²) in [5, 5.41) is -0.419. The van der Waals surface area contributed by atoms with Crippen LogP contribution in [0.4, 0.5) is 0 Å². The molecule has 0 radical (unpaired) electrons. The van der Waals surface area contributed by atoms with Crippen molar-refractivity contribution in [3.05, 3.63) is 60.2 Å². The Morgan fingerprint density at radius 1 is 1.11 bits per heavy atom. The molecule has 2 aromatic rings. The Morgan fingerprint density at radius 3 is 2.37 bits per heavy atom. The average molecular weight is 273 g/mol. The number of carbonyl (C=O) groups is 1. The molecule has 4 heteroatoms. The van der Waals surface area contributed by atoms with Crippen molar-refractivity contribution in [3.8, 4) is 5.75 Å². The van der Waals surface area contributed by atoms with Gasteiger partial charge in [0, 0.05) is 0 Å².